The van der Waals surface area contributed by atoms with E-state index in [9.17, 15) is 13.6 Å². The topological polar surface area (TPSA) is 56.6 Å². The molecule has 0 N–H and O–H groups in total. The summed E-state index contributed by atoms with van der Waals surface area (Å²) in [5.74, 6) is 0.202. The molecule has 0 unspecified atom stereocenters. The Bertz CT molecular complexity index is 991. The molecule has 0 aliphatic carbocycles. The standard InChI is InChI=1S/C19H19F2N3O3/c1-23(11-13-7-8-16(26-2)17(9-13)27-19(20)21)12-24-18(25)15-6-4-3-5-14(15)10-22-24/h3-10,19H,11-12H2,1-2H3. The van der Waals surface area contributed by atoms with Crippen molar-refractivity contribution < 1.29 is 18.3 Å². The van der Waals surface area contributed by atoms with Gasteiger partial charge in [-0.05, 0) is 30.8 Å². The highest BCUT2D eigenvalue weighted by molar-refractivity contribution is 5.80. The van der Waals surface area contributed by atoms with E-state index in [1.54, 1.807) is 37.5 Å². The Morgan fingerprint density at radius 3 is 2.70 bits per heavy atom. The van der Waals surface area contributed by atoms with Gasteiger partial charge in [0.15, 0.2) is 11.5 Å². The zero-order chi connectivity index (χ0) is 19.4. The molecule has 0 atom stereocenters. The molecule has 8 heteroatoms. The molecule has 0 amide bonds. The van der Waals surface area contributed by atoms with Gasteiger partial charge < -0.3 is 9.47 Å². The van der Waals surface area contributed by atoms with Crippen LogP contribution in [0.1, 0.15) is 5.56 Å². The number of aromatic nitrogens is 2. The van der Waals surface area contributed by atoms with Crippen molar-refractivity contribution in [1.29, 1.82) is 0 Å². The summed E-state index contributed by atoms with van der Waals surface area (Å²) in [6.45, 7) is -2.28. The maximum absolute atomic E-state index is 12.6. The Morgan fingerprint density at radius 2 is 1.96 bits per heavy atom. The maximum Gasteiger partial charge on any atom is 0.387 e. The quantitative estimate of drug-likeness (QED) is 0.635. The summed E-state index contributed by atoms with van der Waals surface area (Å²) in [4.78, 5) is 14.4. The van der Waals surface area contributed by atoms with E-state index in [4.69, 9.17) is 4.74 Å². The minimum absolute atomic E-state index is 0.0283. The van der Waals surface area contributed by atoms with Crippen LogP contribution < -0.4 is 15.0 Å². The van der Waals surface area contributed by atoms with Crippen LogP contribution in [0, 0.1) is 0 Å². The molecule has 1 aromatic heterocycles. The predicted molar refractivity (Wildman–Crippen MR) is 97.1 cm³/mol. The average molecular weight is 375 g/mol. The van der Waals surface area contributed by atoms with Gasteiger partial charge in [0.25, 0.3) is 5.56 Å². The fraction of sp³-hybridized carbons (Fsp3) is 0.263. The van der Waals surface area contributed by atoms with Crippen molar-refractivity contribution in [2.24, 2.45) is 0 Å². The lowest BCUT2D eigenvalue weighted by molar-refractivity contribution is -0.0512. The molecular formula is C19H19F2N3O3. The van der Waals surface area contributed by atoms with Crippen LogP contribution in [0.15, 0.2) is 53.5 Å². The Kier molecular flexibility index (Phi) is 5.66. The summed E-state index contributed by atoms with van der Waals surface area (Å²) >= 11 is 0. The Balaban J connectivity index is 1.77. The highest BCUT2D eigenvalue weighted by Crippen LogP contribution is 2.29. The van der Waals surface area contributed by atoms with Crippen LogP contribution in [0.2, 0.25) is 0 Å². The molecule has 0 radical (unpaired) electrons. The molecule has 0 saturated heterocycles. The number of hydrogen-bond acceptors (Lipinski definition) is 5. The van der Waals surface area contributed by atoms with Crippen LogP contribution in [0.5, 0.6) is 11.5 Å². The van der Waals surface area contributed by atoms with Crippen molar-refractivity contribution in [3.8, 4) is 11.5 Å². The summed E-state index contributed by atoms with van der Waals surface area (Å²) in [7, 11) is 3.19. The molecule has 0 bridgehead atoms. The van der Waals surface area contributed by atoms with Crippen molar-refractivity contribution in [3.63, 3.8) is 0 Å². The van der Waals surface area contributed by atoms with Crippen molar-refractivity contribution in [2.45, 2.75) is 19.8 Å². The number of alkyl halides is 2. The van der Waals surface area contributed by atoms with Gasteiger partial charge in [-0.1, -0.05) is 24.3 Å². The van der Waals surface area contributed by atoms with Crippen LogP contribution in [0.25, 0.3) is 10.8 Å². The Labute approximate surface area is 154 Å². The van der Waals surface area contributed by atoms with Gasteiger partial charge in [-0.25, -0.2) is 4.68 Å². The average Bonchev–Trinajstić information content (AvgIpc) is 2.64. The third kappa shape index (κ3) is 4.40. The number of nitrogens with zero attached hydrogens (tertiary/aromatic N) is 3. The van der Waals surface area contributed by atoms with Gasteiger partial charge in [0, 0.05) is 11.9 Å². The summed E-state index contributed by atoms with van der Waals surface area (Å²) < 4.78 is 36.0. The lowest BCUT2D eigenvalue weighted by Gasteiger charge is -2.18. The fourth-order valence-electron chi connectivity index (χ4n) is 2.83. The second-order valence-electron chi connectivity index (χ2n) is 6.06. The predicted octanol–water partition coefficient (Wildman–Crippen LogP) is 3.10. The van der Waals surface area contributed by atoms with Gasteiger partial charge in [0.2, 0.25) is 0 Å². The maximum atomic E-state index is 12.6. The first-order chi connectivity index (χ1) is 13.0. The third-order valence-corrected chi connectivity index (χ3v) is 4.03. The third-order valence-electron chi connectivity index (χ3n) is 4.03. The zero-order valence-electron chi connectivity index (χ0n) is 14.9. The van der Waals surface area contributed by atoms with Crippen molar-refractivity contribution in [2.75, 3.05) is 14.2 Å². The number of ether oxygens (including phenoxy) is 2. The van der Waals surface area contributed by atoms with E-state index in [1.807, 2.05) is 17.0 Å². The van der Waals surface area contributed by atoms with E-state index in [0.29, 0.717) is 11.9 Å². The number of benzene rings is 2. The first-order valence-electron chi connectivity index (χ1n) is 8.23. The van der Waals surface area contributed by atoms with Crippen LogP contribution in [-0.4, -0.2) is 35.4 Å². The largest absolute Gasteiger partial charge is 0.493 e. The first-order valence-corrected chi connectivity index (χ1v) is 8.23. The zero-order valence-corrected chi connectivity index (χ0v) is 14.9. The summed E-state index contributed by atoms with van der Waals surface area (Å²) in [5, 5.41) is 5.57. The molecule has 2 aromatic carbocycles. The molecular weight excluding hydrogens is 356 g/mol. The van der Waals surface area contributed by atoms with Gasteiger partial charge in [-0.2, -0.15) is 13.9 Å². The smallest absolute Gasteiger partial charge is 0.387 e. The molecule has 27 heavy (non-hydrogen) atoms. The van der Waals surface area contributed by atoms with E-state index >= 15 is 0 Å². The second kappa shape index (κ2) is 8.13. The van der Waals surface area contributed by atoms with Gasteiger partial charge in [0.1, 0.15) is 0 Å². The molecule has 1 heterocycles. The molecule has 142 valence electrons. The number of fused-ring (bicyclic) bond motifs is 1. The number of methoxy groups -OCH3 is 1. The van der Waals surface area contributed by atoms with Crippen LogP contribution in [0.3, 0.4) is 0 Å². The second-order valence-corrected chi connectivity index (χ2v) is 6.06. The van der Waals surface area contributed by atoms with E-state index in [-0.39, 0.29) is 23.7 Å². The van der Waals surface area contributed by atoms with Crippen LogP contribution in [0.4, 0.5) is 8.78 Å². The van der Waals surface area contributed by atoms with Gasteiger partial charge in [-0.15, -0.1) is 0 Å². The minimum Gasteiger partial charge on any atom is -0.493 e. The van der Waals surface area contributed by atoms with Gasteiger partial charge in [-0.3, -0.25) is 9.69 Å². The molecule has 0 spiro atoms. The SMILES string of the molecule is COc1ccc(CN(C)Cn2ncc3ccccc3c2=O)cc1OC(F)F. The van der Waals surface area contributed by atoms with E-state index in [0.717, 1.165) is 10.9 Å². The summed E-state index contributed by atoms with van der Waals surface area (Å²) in [6.07, 6.45) is 1.65. The van der Waals surface area contributed by atoms with Crippen LogP contribution >= 0.6 is 0 Å². The molecule has 6 nitrogen and oxygen atoms in total. The lowest BCUT2D eigenvalue weighted by Crippen LogP contribution is -2.31. The molecule has 0 fully saturated rings. The lowest BCUT2D eigenvalue weighted by atomic mass is 10.2. The molecule has 0 aliphatic rings. The van der Waals surface area contributed by atoms with Gasteiger partial charge >= 0.3 is 6.61 Å². The monoisotopic (exact) mass is 375 g/mol. The first kappa shape index (κ1) is 18.8. The molecule has 0 saturated carbocycles. The number of hydrogen-bond donors (Lipinski definition) is 0. The van der Waals surface area contributed by atoms with Crippen molar-refractivity contribution in [3.05, 3.63) is 64.6 Å². The van der Waals surface area contributed by atoms with Crippen molar-refractivity contribution >= 4 is 10.8 Å². The Morgan fingerprint density at radius 1 is 1.19 bits per heavy atom. The van der Waals surface area contributed by atoms with Gasteiger partial charge in [0.05, 0.1) is 25.4 Å². The molecule has 0 aliphatic heterocycles. The van der Waals surface area contributed by atoms with E-state index in [2.05, 4.69) is 9.84 Å². The summed E-state index contributed by atoms with van der Waals surface area (Å²) in [5.41, 5.74) is 0.555. The fourth-order valence-corrected chi connectivity index (χ4v) is 2.83. The summed E-state index contributed by atoms with van der Waals surface area (Å²) in [6, 6.07) is 12.1. The van der Waals surface area contributed by atoms with Crippen LogP contribution in [-0.2, 0) is 13.2 Å². The normalized spacial score (nSPS) is 11.3. The molecule has 3 aromatic rings. The van der Waals surface area contributed by atoms with Crippen molar-refractivity contribution in [1.82, 2.24) is 14.7 Å². The number of rotatable bonds is 7. The highest BCUT2D eigenvalue weighted by atomic mass is 19.3. The Hall–Kier alpha value is -3.00. The van der Waals surface area contributed by atoms with E-state index < -0.39 is 6.61 Å². The minimum atomic E-state index is -2.94. The number of halogens is 2. The highest BCUT2D eigenvalue weighted by Gasteiger charge is 2.13. The van der Waals surface area contributed by atoms with E-state index in [1.165, 1.54) is 17.9 Å². The molecule has 3 rings (SSSR count).